The van der Waals surface area contributed by atoms with Crippen LogP contribution in [0.5, 0.6) is 0 Å². The molecule has 0 aliphatic heterocycles. The Hall–Kier alpha value is -2.43. The van der Waals surface area contributed by atoms with Crippen LogP contribution in [-0.2, 0) is 15.3 Å². The summed E-state index contributed by atoms with van der Waals surface area (Å²) in [5, 5.41) is 18.9. The van der Waals surface area contributed by atoms with E-state index in [9.17, 15) is 14.0 Å². The summed E-state index contributed by atoms with van der Waals surface area (Å²) in [6.07, 6.45) is 0. The minimum Gasteiger partial charge on any atom is -0.478 e. The fourth-order valence-electron chi connectivity index (χ4n) is 1.74. The molecule has 0 bridgehead atoms. The third-order valence-corrected chi connectivity index (χ3v) is 2.74. The van der Waals surface area contributed by atoms with Crippen LogP contribution in [0.25, 0.3) is 10.8 Å². The van der Waals surface area contributed by atoms with Crippen molar-refractivity contribution >= 4 is 22.7 Å². The lowest BCUT2D eigenvalue weighted by Crippen LogP contribution is -2.39. The van der Waals surface area contributed by atoms with E-state index in [1.807, 2.05) is 0 Å². The molecule has 92 valence electrons. The Kier molecular flexibility index (Phi) is 2.74. The zero-order chi connectivity index (χ0) is 13.3. The second-order valence-corrected chi connectivity index (χ2v) is 3.83. The number of alkyl halides is 1. The van der Waals surface area contributed by atoms with Crippen LogP contribution in [0.3, 0.4) is 0 Å². The number of rotatable bonds is 3. The molecule has 0 heterocycles. The summed E-state index contributed by atoms with van der Waals surface area (Å²) >= 11 is 0. The van der Waals surface area contributed by atoms with Gasteiger partial charge in [-0.1, -0.05) is 36.4 Å². The molecule has 5 heteroatoms. The average molecular weight is 248 g/mol. The van der Waals surface area contributed by atoms with Gasteiger partial charge in [0.05, 0.1) is 0 Å². The van der Waals surface area contributed by atoms with Crippen LogP contribution in [0.15, 0.2) is 42.5 Å². The topological polar surface area (TPSA) is 74.6 Å². The van der Waals surface area contributed by atoms with Crippen molar-refractivity contribution in [3.63, 3.8) is 0 Å². The Morgan fingerprint density at radius 1 is 0.944 bits per heavy atom. The van der Waals surface area contributed by atoms with E-state index in [2.05, 4.69) is 0 Å². The van der Waals surface area contributed by atoms with Crippen LogP contribution in [0.4, 0.5) is 4.39 Å². The van der Waals surface area contributed by atoms with Crippen LogP contribution in [0, 0.1) is 0 Å². The number of hydrogen-bond donors (Lipinski definition) is 2. The molecule has 2 aromatic rings. The molecule has 0 fully saturated rings. The largest absolute Gasteiger partial charge is 0.478 e. The van der Waals surface area contributed by atoms with E-state index in [1.54, 1.807) is 24.3 Å². The highest BCUT2D eigenvalue weighted by Crippen LogP contribution is 2.29. The summed E-state index contributed by atoms with van der Waals surface area (Å²) in [7, 11) is 0. The first-order valence-corrected chi connectivity index (χ1v) is 5.11. The molecule has 2 aromatic carbocycles. The van der Waals surface area contributed by atoms with E-state index in [0.717, 1.165) is 5.39 Å². The van der Waals surface area contributed by atoms with Gasteiger partial charge in [-0.15, -0.1) is 0 Å². The summed E-state index contributed by atoms with van der Waals surface area (Å²) in [5.41, 5.74) is -3.83. The maximum Gasteiger partial charge on any atom is 0.358 e. The highest BCUT2D eigenvalue weighted by molar-refractivity contribution is 6.03. The van der Waals surface area contributed by atoms with Gasteiger partial charge in [-0.05, 0) is 16.8 Å². The number of hydrogen-bond acceptors (Lipinski definition) is 2. The minimum atomic E-state index is -3.43. The summed E-state index contributed by atoms with van der Waals surface area (Å²) < 4.78 is 14.1. The van der Waals surface area contributed by atoms with Gasteiger partial charge >= 0.3 is 17.6 Å². The van der Waals surface area contributed by atoms with Gasteiger partial charge in [-0.25, -0.2) is 14.0 Å². The molecule has 0 amide bonds. The highest BCUT2D eigenvalue weighted by Gasteiger charge is 2.49. The molecule has 0 atom stereocenters. The third-order valence-electron chi connectivity index (χ3n) is 2.74. The minimum absolute atomic E-state index is 0.402. The van der Waals surface area contributed by atoms with Gasteiger partial charge in [0, 0.05) is 5.56 Å². The molecule has 0 radical (unpaired) electrons. The van der Waals surface area contributed by atoms with Gasteiger partial charge in [0.2, 0.25) is 0 Å². The van der Waals surface area contributed by atoms with Crippen LogP contribution >= 0.6 is 0 Å². The molecule has 4 nitrogen and oxygen atoms in total. The van der Waals surface area contributed by atoms with E-state index in [4.69, 9.17) is 10.2 Å². The lowest BCUT2D eigenvalue weighted by atomic mass is 9.93. The first kappa shape index (κ1) is 12.0. The standard InChI is InChI=1S/C13H9FO4/c14-13(11(15)16,12(17)18)10-6-5-8-3-1-2-4-9(8)7-10/h1-7H,(H,15,16)(H,17,18). The zero-order valence-corrected chi connectivity index (χ0v) is 9.13. The van der Waals surface area contributed by atoms with Crippen molar-refractivity contribution in [2.75, 3.05) is 0 Å². The summed E-state index contributed by atoms with van der Waals surface area (Å²) in [6.45, 7) is 0. The fraction of sp³-hybridized carbons (Fsp3) is 0.0769. The van der Waals surface area contributed by atoms with Crippen molar-refractivity contribution in [1.29, 1.82) is 0 Å². The molecule has 0 unspecified atom stereocenters. The number of carboxylic acids is 2. The lowest BCUT2D eigenvalue weighted by molar-refractivity contribution is -0.167. The van der Waals surface area contributed by atoms with E-state index < -0.39 is 23.2 Å². The molecule has 0 spiro atoms. The van der Waals surface area contributed by atoms with Gasteiger partial charge in [0.15, 0.2) is 0 Å². The van der Waals surface area contributed by atoms with Crippen LogP contribution < -0.4 is 0 Å². The number of aliphatic carboxylic acids is 2. The molecule has 2 rings (SSSR count). The van der Waals surface area contributed by atoms with Gasteiger partial charge in [-0.2, -0.15) is 0 Å². The van der Waals surface area contributed by atoms with Crippen molar-refractivity contribution in [3.8, 4) is 0 Å². The van der Waals surface area contributed by atoms with Crippen molar-refractivity contribution in [2.45, 2.75) is 5.67 Å². The summed E-state index contributed by atoms with van der Waals surface area (Å²) in [4.78, 5) is 21.7. The second-order valence-electron chi connectivity index (χ2n) is 3.83. The number of benzene rings is 2. The van der Waals surface area contributed by atoms with Gasteiger partial charge in [-0.3, -0.25) is 0 Å². The molecular weight excluding hydrogens is 239 g/mol. The van der Waals surface area contributed by atoms with Gasteiger partial charge < -0.3 is 10.2 Å². The molecular formula is C13H9FO4. The number of fused-ring (bicyclic) bond motifs is 1. The van der Waals surface area contributed by atoms with Crippen LogP contribution in [0.2, 0.25) is 0 Å². The first-order chi connectivity index (χ1) is 8.46. The molecule has 0 saturated carbocycles. The Morgan fingerprint density at radius 2 is 1.50 bits per heavy atom. The molecule has 0 aliphatic carbocycles. The molecule has 2 N–H and O–H groups in total. The Bertz CT molecular complexity index is 622. The van der Waals surface area contributed by atoms with Crippen molar-refractivity contribution in [3.05, 3.63) is 48.0 Å². The monoisotopic (exact) mass is 248 g/mol. The predicted molar refractivity (Wildman–Crippen MR) is 62.0 cm³/mol. The predicted octanol–water partition coefficient (Wildman–Crippen LogP) is 2.17. The Labute approximate surface area is 101 Å². The molecule has 18 heavy (non-hydrogen) atoms. The number of carbonyl (C=O) groups is 2. The Balaban J connectivity index is 2.66. The van der Waals surface area contributed by atoms with E-state index in [-0.39, 0.29) is 0 Å². The summed E-state index contributed by atoms with van der Waals surface area (Å²) in [6, 6.07) is 10.8. The zero-order valence-electron chi connectivity index (χ0n) is 9.13. The van der Waals surface area contributed by atoms with Gasteiger partial charge in [0.25, 0.3) is 0 Å². The number of carboxylic acid groups (broad SMARTS) is 2. The number of halogens is 1. The van der Waals surface area contributed by atoms with E-state index in [0.29, 0.717) is 5.39 Å². The second kappa shape index (κ2) is 4.10. The third kappa shape index (κ3) is 1.69. The SMILES string of the molecule is O=C(O)C(F)(C(=O)O)c1ccc2ccccc2c1. The first-order valence-electron chi connectivity index (χ1n) is 5.11. The summed E-state index contributed by atoms with van der Waals surface area (Å²) in [5.74, 6) is -4.07. The van der Waals surface area contributed by atoms with E-state index >= 15 is 0 Å². The normalized spacial score (nSPS) is 11.4. The smallest absolute Gasteiger partial charge is 0.358 e. The fourth-order valence-corrected chi connectivity index (χ4v) is 1.74. The molecule has 0 saturated heterocycles. The lowest BCUT2D eigenvalue weighted by Gasteiger charge is -2.16. The van der Waals surface area contributed by atoms with Crippen molar-refractivity contribution in [1.82, 2.24) is 0 Å². The van der Waals surface area contributed by atoms with Gasteiger partial charge in [0.1, 0.15) is 0 Å². The van der Waals surface area contributed by atoms with Crippen LogP contribution in [-0.4, -0.2) is 22.2 Å². The average Bonchev–Trinajstić information content (AvgIpc) is 2.36. The Morgan fingerprint density at radius 3 is 2.06 bits per heavy atom. The molecule has 0 aliphatic rings. The maximum absolute atomic E-state index is 14.1. The van der Waals surface area contributed by atoms with Crippen LogP contribution in [0.1, 0.15) is 5.56 Å². The van der Waals surface area contributed by atoms with E-state index in [1.165, 1.54) is 18.2 Å². The highest BCUT2D eigenvalue weighted by atomic mass is 19.1. The molecule has 0 aromatic heterocycles. The van der Waals surface area contributed by atoms with Crippen molar-refractivity contribution in [2.24, 2.45) is 0 Å². The maximum atomic E-state index is 14.1. The van der Waals surface area contributed by atoms with Crippen molar-refractivity contribution < 1.29 is 24.2 Å². The quantitative estimate of drug-likeness (QED) is 0.816.